The van der Waals surface area contributed by atoms with Gasteiger partial charge in [0.25, 0.3) is 0 Å². The van der Waals surface area contributed by atoms with E-state index < -0.39 is 0 Å². The van der Waals surface area contributed by atoms with E-state index in [0.29, 0.717) is 12.0 Å². The molecule has 0 aromatic rings. The number of hydrogen-bond acceptors (Lipinski definition) is 3. The van der Waals surface area contributed by atoms with Gasteiger partial charge in [0.05, 0.1) is 11.7 Å². The molecule has 0 spiro atoms. The Hall–Kier alpha value is -0.120. The average molecular weight is 253 g/mol. The number of piperidine rings is 1. The molecule has 0 aromatic carbocycles. The molecule has 1 aliphatic carbocycles. The van der Waals surface area contributed by atoms with Crippen LogP contribution in [0.1, 0.15) is 51.4 Å². The number of fused-ring (bicyclic) bond motifs is 1. The molecule has 0 bridgehead atoms. The summed E-state index contributed by atoms with van der Waals surface area (Å²) in [6.45, 7) is 4.20. The molecule has 3 nitrogen and oxygen atoms in total. The maximum Gasteiger partial charge on any atom is 0.0702 e. The summed E-state index contributed by atoms with van der Waals surface area (Å²) in [6.07, 6.45) is 10.00. The van der Waals surface area contributed by atoms with Crippen LogP contribution in [0.15, 0.2) is 0 Å². The van der Waals surface area contributed by atoms with Crippen LogP contribution in [0.2, 0.25) is 0 Å². The summed E-state index contributed by atoms with van der Waals surface area (Å²) in [5.74, 6) is 0.517. The molecule has 3 aliphatic rings. The molecule has 2 heterocycles. The Morgan fingerprint density at radius 3 is 2.83 bits per heavy atom. The second-order valence-corrected chi connectivity index (χ2v) is 6.54. The molecular formula is C15H27NO2. The Bertz CT molecular complexity index is 278. The third-order valence-electron chi connectivity index (χ3n) is 5.25. The Labute approximate surface area is 110 Å². The van der Waals surface area contributed by atoms with E-state index in [1.807, 2.05) is 0 Å². The second kappa shape index (κ2) is 5.48. The lowest BCUT2D eigenvalue weighted by atomic mass is 9.71. The van der Waals surface area contributed by atoms with Crippen molar-refractivity contribution in [3.63, 3.8) is 0 Å². The summed E-state index contributed by atoms with van der Waals surface area (Å²) in [5.41, 5.74) is -0.331. The van der Waals surface area contributed by atoms with Gasteiger partial charge in [-0.3, -0.25) is 0 Å². The van der Waals surface area contributed by atoms with Crippen molar-refractivity contribution >= 4 is 0 Å². The van der Waals surface area contributed by atoms with Crippen LogP contribution in [0.5, 0.6) is 0 Å². The highest BCUT2D eigenvalue weighted by molar-refractivity contribution is 4.96. The summed E-state index contributed by atoms with van der Waals surface area (Å²) in [7, 11) is 0. The molecule has 3 heteroatoms. The average Bonchev–Trinajstić information content (AvgIpc) is 2.40. The minimum Gasteiger partial charge on any atom is -0.390 e. The molecule has 1 N–H and O–H groups in total. The van der Waals surface area contributed by atoms with Gasteiger partial charge < -0.3 is 14.7 Å². The minimum absolute atomic E-state index is 0.331. The fourth-order valence-corrected chi connectivity index (χ4v) is 4.04. The molecule has 2 aliphatic heterocycles. The van der Waals surface area contributed by atoms with Crippen molar-refractivity contribution in [1.29, 1.82) is 0 Å². The van der Waals surface area contributed by atoms with Gasteiger partial charge in [-0.15, -0.1) is 0 Å². The molecule has 3 unspecified atom stereocenters. The highest BCUT2D eigenvalue weighted by atomic mass is 16.5. The number of ether oxygens (including phenoxy) is 1. The zero-order valence-electron chi connectivity index (χ0n) is 11.4. The van der Waals surface area contributed by atoms with Gasteiger partial charge in [-0.1, -0.05) is 12.8 Å². The summed E-state index contributed by atoms with van der Waals surface area (Å²) in [5, 5.41) is 10.7. The maximum atomic E-state index is 10.7. The highest BCUT2D eigenvalue weighted by Crippen LogP contribution is 2.39. The Morgan fingerprint density at radius 2 is 2.00 bits per heavy atom. The monoisotopic (exact) mass is 253 g/mol. The van der Waals surface area contributed by atoms with Gasteiger partial charge in [0, 0.05) is 32.2 Å². The van der Waals surface area contributed by atoms with Crippen LogP contribution in [0, 0.1) is 5.92 Å². The second-order valence-electron chi connectivity index (χ2n) is 6.54. The van der Waals surface area contributed by atoms with E-state index in [9.17, 15) is 5.11 Å². The predicted octanol–water partition coefficient (Wildman–Crippen LogP) is 2.18. The van der Waals surface area contributed by atoms with E-state index in [2.05, 4.69) is 4.90 Å². The molecule has 1 saturated carbocycles. The zero-order valence-corrected chi connectivity index (χ0v) is 11.4. The van der Waals surface area contributed by atoms with E-state index in [0.717, 1.165) is 39.1 Å². The number of likely N-dealkylation sites (tertiary alicyclic amines) is 1. The fourth-order valence-electron chi connectivity index (χ4n) is 4.04. The van der Waals surface area contributed by atoms with Crippen molar-refractivity contribution in [2.45, 2.75) is 63.1 Å². The van der Waals surface area contributed by atoms with Crippen LogP contribution in [0.3, 0.4) is 0 Å². The number of rotatable bonds is 2. The molecule has 104 valence electrons. The van der Waals surface area contributed by atoms with Gasteiger partial charge in [-0.2, -0.15) is 0 Å². The third-order valence-corrected chi connectivity index (χ3v) is 5.25. The molecule has 0 aromatic heterocycles. The first-order valence-electron chi connectivity index (χ1n) is 7.83. The number of hydrogen-bond donors (Lipinski definition) is 1. The van der Waals surface area contributed by atoms with Crippen molar-refractivity contribution in [3.8, 4) is 0 Å². The summed E-state index contributed by atoms with van der Waals surface area (Å²) in [4.78, 5) is 2.54. The van der Waals surface area contributed by atoms with Gasteiger partial charge in [0.15, 0.2) is 0 Å². The maximum absolute atomic E-state index is 10.7. The van der Waals surface area contributed by atoms with Crippen LogP contribution in [0.25, 0.3) is 0 Å². The molecule has 3 rings (SSSR count). The van der Waals surface area contributed by atoms with Crippen LogP contribution in [0.4, 0.5) is 0 Å². The van der Waals surface area contributed by atoms with Crippen LogP contribution >= 0.6 is 0 Å². The van der Waals surface area contributed by atoms with Crippen molar-refractivity contribution in [2.75, 3.05) is 26.2 Å². The normalized spacial score (nSPS) is 42.5. The molecular weight excluding hydrogens is 226 g/mol. The van der Waals surface area contributed by atoms with E-state index >= 15 is 0 Å². The number of aliphatic hydroxyl groups is 1. The van der Waals surface area contributed by atoms with Gasteiger partial charge >= 0.3 is 0 Å². The quantitative estimate of drug-likeness (QED) is 0.819. The lowest BCUT2D eigenvalue weighted by Crippen LogP contribution is -2.54. The van der Waals surface area contributed by atoms with Crippen molar-refractivity contribution in [3.05, 3.63) is 0 Å². The van der Waals surface area contributed by atoms with Crippen molar-refractivity contribution in [2.24, 2.45) is 5.92 Å². The van der Waals surface area contributed by atoms with Crippen molar-refractivity contribution < 1.29 is 9.84 Å². The zero-order chi connectivity index (χ0) is 12.4. The first-order valence-corrected chi connectivity index (χ1v) is 7.83. The third kappa shape index (κ3) is 2.73. The van der Waals surface area contributed by atoms with E-state index in [4.69, 9.17) is 4.74 Å². The molecule has 3 atom stereocenters. The molecule has 18 heavy (non-hydrogen) atoms. The smallest absolute Gasteiger partial charge is 0.0702 e. The molecule has 0 amide bonds. The predicted molar refractivity (Wildman–Crippen MR) is 71.6 cm³/mol. The molecule has 2 saturated heterocycles. The van der Waals surface area contributed by atoms with E-state index in [1.165, 1.54) is 38.5 Å². The summed E-state index contributed by atoms with van der Waals surface area (Å²) in [6, 6.07) is 0. The highest BCUT2D eigenvalue weighted by Gasteiger charge is 2.42. The topological polar surface area (TPSA) is 32.7 Å². The van der Waals surface area contributed by atoms with Gasteiger partial charge in [-0.05, 0) is 38.5 Å². The number of nitrogens with zero attached hydrogens (tertiary/aromatic N) is 1. The van der Waals surface area contributed by atoms with Crippen LogP contribution < -0.4 is 0 Å². The van der Waals surface area contributed by atoms with Crippen molar-refractivity contribution in [1.82, 2.24) is 4.90 Å². The first-order chi connectivity index (χ1) is 8.76. The Balaban J connectivity index is 1.53. The first kappa shape index (κ1) is 12.9. The lowest BCUT2D eigenvalue weighted by Gasteiger charge is -2.48. The standard InChI is InChI=1S/C15H27NO2/c17-15-7-3-1-5-13(15)11-16(9-8-15)12-14-6-2-4-10-18-14/h13-14,17H,1-12H2. The Morgan fingerprint density at radius 1 is 1.11 bits per heavy atom. The van der Waals surface area contributed by atoms with Gasteiger partial charge in [-0.25, -0.2) is 0 Å². The van der Waals surface area contributed by atoms with Gasteiger partial charge in [0.1, 0.15) is 0 Å². The van der Waals surface area contributed by atoms with Crippen LogP contribution in [-0.4, -0.2) is 48.0 Å². The van der Waals surface area contributed by atoms with E-state index in [1.54, 1.807) is 0 Å². The summed E-state index contributed by atoms with van der Waals surface area (Å²) >= 11 is 0. The lowest BCUT2D eigenvalue weighted by molar-refractivity contribution is -0.105. The SMILES string of the molecule is OC12CCCCC1CN(CC1CCCCO1)CC2. The van der Waals surface area contributed by atoms with Crippen LogP contribution in [-0.2, 0) is 4.74 Å². The summed E-state index contributed by atoms with van der Waals surface area (Å²) < 4.78 is 5.84. The molecule has 0 radical (unpaired) electrons. The Kier molecular flexibility index (Phi) is 3.92. The molecule has 3 fully saturated rings. The fraction of sp³-hybridized carbons (Fsp3) is 1.00. The largest absolute Gasteiger partial charge is 0.390 e. The minimum atomic E-state index is -0.331. The van der Waals surface area contributed by atoms with E-state index in [-0.39, 0.29) is 5.60 Å². The van der Waals surface area contributed by atoms with Gasteiger partial charge in [0.2, 0.25) is 0 Å².